The van der Waals surface area contributed by atoms with E-state index in [1.54, 1.807) is 12.1 Å². The van der Waals surface area contributed by atoms with Crippen molar-refractivity contribution in [3.63, 3.8) is 0 Å². The summed E-state index contributed by atoms with van der Waals surface area (Å²) < 4.78 is 40.2. The molecular weight excluding hydrogens is 267 g/mol. The largest absolute Gasteiger partial charge is 1.00 e. The zero-order chi connectivity index (χ0) is 12.7. The molecular formula is C11H16NaO5S+. The average molecular weight is 283 g/mol. The van der Waals surface area contributed by atoms with E-state index in [4.69, 9.17) is 14.0 Å². The van der Waals surface area contributed by atoms with Crippen LogP contribution in [0.5, 0.6) is 5.75 Å². The molecule has 0 saturated carbocycles. The Bertz CT molecular complexity index is 420. The first-order chi connectivity index (χ1) is 8.01. The van der Waals surface area contributed by atoms with Gasteiger partial charge in [-0.25, -0.2) is 0 Å². The van der Waals surface area contributed by atoms with Crippen molar-refractivity contribution in [2.75, 3.05) is 12.9 Å². The molecule has 5 nitrogen and oxygen atoms in total. The van der Waals surface area contributed by atoms with E-state index in [-0.39, 0.29) is 41.7 Å². The zero-order valence-electron chi connectivity index (χ0n) is 10.6. The summed E-state index contributed by atoms with van der Waals surface area (Å²) in [5, 5.41) is 0. The topological polar surface area (TPSA) is 72.8 Å². The molecule has 1 rings (SSSR count). The third-order valence-electron chi connectivity index (χ3n) is 2.12. The van der Waals surface area contributed by atoms with Crippen LogP contribution >= 0.6 is 0 Å². The number of hydrogen-bond acceptors (Lipinski definition) is 4. The van der Waals surface area contributed by atoms with Crippen LogP contribution < -0.4 is 34.3 Å². The van der Waals surface area contributed by atoms with Crippen LogP contribution in [0, 0.1) is 0 Å². The molecule has 96 valence electrons. The van der Waals surface area contributed by atoms with Gasteiger partial charge in [0.05, 0.1) is 5.75 Å². The van der Waals surface area contributed by atoms with E-state index in [9.17, 15) is 8.42 Å². The summed E-state index contributed by atoms with van der Waals surface area (Å²) in [6.45, 7) is 0. The molecule has 0 heterocycles. The predicted molar refractivity (Wildman–Crippen MR) is 63.5 cm³/mol. The first kappa shape index (κ1) is 17.9. The standard InChI is InChI=1S/C11H16O5S.Na/c1-15-11(8-5-9-17(12,13)14)16-10-6-3-2-4-7-10;/h2-4,6-7,11H,5,8-9H2,1H3,(H,12,13,14);/q;+1. The Kier molecular flexibility index (Phi) is 8.85. The van der Waals surface area contributed by atoms with Gasteiger partial charge in [0.1, 0.15) is 5.75 Å². The van der Waals surface area contributed by atoms with E-state index in [2.05, 4.69) is 0 Å². The molecule has 0 amide bonds. The number of rotatable bonds is 7. The van der Waals surface area contributed by atoms with Crippen LogP contribution in [0.15, 0.2) is 30.3 Å². The Labute approximate surface area is 130 Å². The van der Waals surface area contributed by atoms with Crippen LogP contribution in [0.2, 0.25) is 0 Å². The van der Waals surface area contributed by atoms with Gasteiger partial charge < -0.3 is 9.47 Å². The van der Waals surface area contributed by atoms with Crippen molar-refractivity contribution >= 4 is 10.1 Å². The average Bonchev–Trinajstić information content (AvgIpc) is 2.27. The molecule has 1 aromatic rings. The summed E-state index contributed by atoms with van der Waals surface area (Å²) in [4.78, 5) is 0. The van der Waals surface area contributed by atoms with E-state index in [1.807, 2.05) is 18.2 Å². The summed E-state index contributed by atoms with van der Waals surface area (Å²) in [6.07, 6.45) is 0.161. The van der Waals surface area contributed by atoms with Crippen LogP contribution in [0.1, 0.15) is 12.8 Å². The van der Waals surface area contributed by atoms with E-state index < -0.39 is 16.4 Å². The number of methoxy groups -OCH3 is 1. The molecule has 0 aliphatic rings. The molecule has 1 unspecified atom stereocenters. The minimum absolute atomic E-state index is 0. The molecule has 0 aliphatic heterocycles. The van der Waals surface area contributed by atoms with Crippen molar-refractivity contribution in [1.29, 1.82) is 0 Å². The van der Waals surface area contributed by atoms with Crippen LogP contribution in [0.4, 0.5) is 0 Å². The molecule has 1 N–H and O–H groups in total. The minimum atomic E-state index is -3.91. The van der Waals surface area contributed by atoms with Gasteiger partial charge in [-0.05, 0) is 18.6 Å². The van der Waals surface area contributed by atoms with E-state index in [0.29, 0.717) is 12.2 Å². The Morgan fingerprint density at radius 1 is 1.28 bits per heavy atom. The summed E-state index contributed by atoms with van der Waals surface area (Å²) >= 11 is 0. The van der Waals surface area contributed by atoms with E-state index in [0.717, 1.165) is 0 Å². The second-order valence-electron chi connectivity index (χ2n) is 3.52. The molecule has 0 fully saturated rings. The van der Waals surface area contributed by atoms with Gasteiger partial charge in [0.15, 0.2) is 6.29 Å². The van der Waals surface area contributed by atoms with Crippen LogP contribution in [0.3, 0.4) is 0 Å². The molecule has 0 aliphatic carbocycles. The number of ether oxygens (including phenoxy) is 2. The minimum Gasteiger partial charge on any atom is -0.465 e. The summed E-state index contributed by atoms with van der Waals surface area (Å²) in [5.41, 5.74) is 0. The van der Waals surface area contributed by atoms with Gasteiger partial charge in [0.2, 0.25) is 0 Å². The summed E-state index contributed by atoms with van der Waals surface area (Å²) in [5.74, 6) is 0.372. The summed E-state index contributed by atoms with van der Waals surface area (Å²) in [7, 11) is -2.42. The fourth-order valence-electron chi connectivity index (χ4n) is 1.31. The van der Waals surface area contributed by atoms with Crippen molar-refractivity contribution in [3.05, 3.63) is 30.3 Å². The second-order valence-corrected chi connectivity index (χ2v) is 5.10. The van der Waals surface area contributed by atoms with Crippen molar-refractivity contribution in [3.8, 4) is 5.75 Å². The van der Waals surface area contributed by atoms with Gasteiger partial charge in [-0.15, -0.1) is 0 Å². The second kappa shape index (κ2) is 8.90. The van der Waals surface area contributed by atoms with Crippen LogP contribution in [-0.4, -0.2) is 32.1 Å². The number of benzene rings is 1. The SMILES string of the molecule is COC(CCCS(=O)(=O)O)Oc1ccccc1.[Na+]. The molecule has 7 heteroatoms. The fourth-order valence-corrected chi connectivity index (χ4v) is 1.84. The van der Waals surface area contributed by atoms with Crippen LogP contribution in [-0.2, 0) is 14.9 Å². The quantitative estimate of drug-likeness (QED) is 0.383. The molecule has 0 bridgehead atoms. The third kappa shape index (κ3) is 8.07. The first-order valence-electron chi connectivity index (χ1n) is 5.21. The molecule has 1 atom stereocenters. The predicted octanol–water partition coefficient (Wildman–Crippen LogP) is -1.29. The van der Waals surface area contributed by atoms with Crippen molar-refractivity contribution in [2.45, 2.75) is 19.1 Å². The maximum atomic E-state index is 10.5. The van der Waals surface area contributed by atoms with Crippen molar-refractivity contribution in [1.82, 2.24) is 0 Å². The Balaban J connectivity index is 0.00000289. The number of para-hydroxylation sites is 1. The van der Waals surface area contributed by atoms with Gasteiger partial charge in [0.25, 0.3) is 10.1 Å². The van der Waals surface area contributed by atoms with Gasteiger partial charge in [-0.1, -0.05) is 18.2 Å². The Morgan fingerprint density at radius 2 is 1.89 bits per heavy atom. The van der Waals surface area contributed by atoms with Crippen LogP contribution in [0.25, 0.3) is 0 Å². The van der Waals surface area contributed by atoms with Crippen molar-refractivity contribution < 1.29 is 52.0 Å². The first-order valence-corrected chi connectivity index (χ1v) is 6.82. The third-order valence-corrected chi connectivity index (χ3v) is 2.92. The monoisotopic (exact) mass is 283 g/mol. The molecule has 0 saturated heterocycles. The molecule has 18 heavy (non-hydrogen) atoms. The molecule has 0 radical (unpaired) electrons. The molecule has 1 aromatic carbocycles. The summed E-state index contributed by atoms with van der Waals surface area (Å²) in [6, 6.07) is 9.11. The number of hydrogen-bond donors (Lipinski definition) is 1. The maximum absolute atomic E-state index is 10.5. The van der Waals surface area contributed by atoms with E-state index >= 15 is 0 Å². The van der Waals surface area contributed by atoms with Gasteiger partial charge in [-0.3, -0.25) is 4.55 Å². The molecule has 0 aromatic heterocycles. The zero-order valence-corrected chi connectivity index (χ0v) is 13.4. The fraction of sp³-hybridized carbons (Fsp3) is 0.455. The molecule has 0 spiro atoms. The van der Waals surface area contributed by atoms with Crippen molar-refractivity contribution in [2.24, 2.45) is 0 Å². The van der Waals surface area contributed by atoms with Gasteiger partial charge in [-0.2, -0.15) is 8.42 Å². The Morgan fingerprint density at radius 3 is 2.39 bits per heavy atom. The van der Waals surface area contributed by atoms with Gasteiger partial charge >= 0.3 is 29.6 Å². The smallest absolute Gasteiger partial charge is 0.465 e. The van der Waals surface area contributed by atoms with E-state index in [1.165, 1.54) is 7.11 Å². The van der Waals surface area contributed by atoms with Gasteiger partial charge in [0, 0.05) is 13.5 Å². The maximum Gasteiger partial charge on any atom is 1.00 e. The normalized spacial score (nSPS) is 12.6. The Hall–Kier alpha value is -0.110.